The first-order valence-corrected chi connectivity index (χ1v) is 12.3. The summed E-state index contributed by atoms with van der Waals surface area (Å²) in [6, 6.07) is 2.69. The van der Waals surface area contributed by atoms with Gasteiger partial charge in [0.15, 0.2) is 0 Å². The van der Waals surface area contributed by atoms with Gasteiger partial charge in [-0.25, -0.2) is 9.97 Å². The molecule has 2 aliphatic carbocycles. The Labute approximate surface area is 181 Å². The lowest BCUT2D eigenvalue weighted by Crippen LogP contribution is -2.42. The maximum Gasteiger partial charge on any atom is 0.225 e. The van der Waals surface area contributed by atoms with E-state index in [1.807, 2.05) is 6.07 Å². The number of nitrogens with zero attached hydrogens (tertiary/aromatic N) is 4. The van der Waals surface area contributed by atoms with Crippen molar-refractivity contribution in [2.24, 2.45) is 0 Å². The van der Waals surface area contributed by atoms with Crippen LogP contribution in [0.1, 0.15) is 74.1 Å². The molecule has 5 rings (SSSR count). The number of rotatable bonds is 5. The van der Waals surface area contributed by atoms with Crippen molar-refractivity contribution < 1.29 is 9.84 Å². The zero-order valence-corrected chi connectivity index (χ0v) is 18.2. The number of hydrogen-bond acceptors (Lipinski definition) is 7. The molecule has 0 aromatic carbocycles. The summed E-state index contributed by atoms with van der Waals surface area (Å²) in [6.45, 7) is 2.53. The Kier molecular flexibility index (Phi) is 5.90. The van der Waals surface area contributed by atoms with E-state index in [9.17, 15) is 5.11 Å². The lowest BCUT2D eigenvalue weighted by Gasteiger charge is -2.38. The molecule has 2 atom stereocenters. The molecule has 6 nitrogen and oxygen atoms in total. The summed E-state index contributed by atoms with van der Waals surface area (Å²) in [5, 5.41) is 20.0. The highest BCUT2D eigenvalue weighted by molar-refractivity contribution is 7.19. The number of likely N-dealkylation sites (tertiary alicyclic amines) is 1. The Hall–Kier alpha value is -1.75. The number of aryl methyl sites for hydroxylation is 1. The van der Waals surface area contributed by atoms with Gasteiger partial charge >= 0.3 is 0 Å². The van der Waals surface area contributed by atoms with Crippen LogP contribution < -0.4 is 4.74 Å². The van der Waals surface area contributed by atoms with Crippen molar-refractivity contribution in [2.45, 2.75) is 88.4 Å². The van der Waals surface area contributed by atoms with Gasteiger partial charge in [0.05, 0.1) is 11.5 Å². The van der Waals surface area contributed by atoms with E-state index >= 15 is 0 Å². The molecule has 0 spiro atoms. The van der Waals surface area contributed by atoms with Crippen LogP contribution in [0.25, 0.3) is 10.2 Å². The minimum absolute atomic E-state index is 0.187. The van der Waals surface area contributed by atoms with Crippen molar-refractivity contribution >= 4 is 21.6 Å². The molecule has 2 aromatic heterocycles. The molecule has 2 fully saturated rings. The maximum atomic E-state index is 9.89. The predicted octanol–water partition coefficient (Wildman–Crippen LogP) is 4.17. The van der Waals surface area contributed by atoms with Gasteiger partial charge in [-0.2, -0.15) is 5.26 Å². The zero-order valence-electron chi connectivity index (χ0n) is 17.4. The van der Waals surface area contributed by atoms with E-state index in [2.05, 4.69) is 14.9 Å². The summed E-state index contributed by atoms with van der Waals surface area (Å²) in [7, 11) is 0. The van der Waals surface area contributed by atoms with Crippen molar-refractivity contribution in [2.75, 3.05) is 13.1 Å². The third-order valence-corrected chi connectivity index (χ3v) is 8.35. The van der Waals surface area contributed by atoms with Crippen LogP contribution in [-0.2, 0) is 6.42 Å². The lowest BCUT2D eigenvalue weighted by atomic mass is 9.90. The summed E-state index contributed by atoms with van der Waals surface area (Å²) in [5.74, 6) is 0.892. The van der Waals surface area contributed by atoms with Gasteiger partial charge in [0.2, 0.25) is 5.88 Å². The van der Waals surface area contributed by atoms with Gasteiger partial charge < -0.3 is 14.7 Å². The molecule has 1 saturated carbocycles. The fraction of sp³-hybridized carbons (Fsp3) is 0.696. The van der Waals surface area contributed by atoms with Crippen molar-refractivity contribution in [3.05, 3.63) is 16.8 Å². The van der Waals surface area contributed by atoms with Crippen molar-refractivity contribution in [3.63, 3.8) is 0 Å². The second-order valence-electron chi connectivity index (χ2n) is 9.06. The van der Waals surface area contributed by atoms with Crippen LogP contribution in [0, 0.1) is 11.3 Å². The van der Waals surface area contributed by atoms with Gasteiger partial charge in [0, 0.05) is 10.9 Å². The van der Waals surface area contributed by atoms with Crippen LogP contribution in [-0.4, -0.2) is 51.3 Å². The van der Waals surface area contributed by atoms with Crippen molar-refractivity contribution in [3.8, 4) is 11.9 Å². The van der Waals surface area contributed by atoms with Gasteiger partial charge in [0.1, 0.15) is 23.4 Å². The van der Waals surface area contributed by atoms with Crippen LogP contribution in [0.2, 0.25) is 0 Å². The number of fused-ring (bicyclic) bond motifs is 3. The van der Waals surface area contributed by atoms with Crippen molar-refractivity contribution in [1.29, 1.82) is 5.26 Å². The van der Waals surface area contributed by atoms with Gasteiger partial charge in [-0.3, -0.25) is 0 Å². The predicted molar refractivity (Wildman–Crippen MR) is 117 cm³/mol. The van der Waals surface area contributed by atoms with Gasteiger partial charge in [-0.1, -0.05) is 6.42 Å². The third-order valence-electron chi connectivity index (χ3n) is 7.18. The highest BCUT2D eigenvalue weighted by Crippen LogP contribution is 2.47. The zero-order chi connectivity index (χ0) is 20.5. The number of thiophene rings is 1. The second kappa shape index (κ2) is 8.78. The fourth-order valence-electron chi connectivity index (χ4n) is 5.66. The van der Waals surface area contributed by atoms with Gasteiger partial charge in [0.25, 0.3) is 0 Å². The molecule has 0 amide bonds. The van der Waals surface area contributed by atoms with E-state index in [1.54, 1.807) is 17.7 Å². The SMILES string of the molecule is N#CC(O)C[C@H]1CCc2sc3ncnc(OC4CCC(N5CCCCC5)CC4)c3c21. The minimum atomic E-state index is -0.921. The van der Waals surface area contributed by atoms with Crippen molar-refractivity contribution in [1.82, 2.24) is 14.9 Å². The summed E-state index contributed by atoms with van der Waals surface area (Å²) in [5.41, 5.74) is 1.22. The Balaban J connectivity index is 1.31. The largest absolute Gasteiger partial charge is 0.474 e. The highest BCUT2D eigenvalue weighted by Gasteiger charge is 2.33. The molecule has 30 heavy (non-hydrogen) atoms. The molecule has 3 aliphatic rings. The molecule has 3 heterocycles. The molecule has 0 radical (unpaired) electrons. The first-order valence-electron chi connectivity index (χ1n) is 11.5. The second-order valence-corrected chi connectivity index (χ2v) is 10.1. The highest BCUT2D eigenvalue weighted by atomic mass is 32.1. The fourth-order valence-corrected chi connectivity index (χ4v) is 6.89. The molecular formula is C23H30N4O2S. The van der Waals surface area contributed by atoms with E-state index in [1.165, 1.54) is 55.6 Å². The molecule has 160 valence electrons. The van der Waals surface area contributed by atoms with E-state index < -0.39 is 6.10 Å². The average molecular weight is 427 g/mol. The standard InChI is InChI=1S/C23H30N4O2S/c24-13-17(28)12-15-4-9-19-20(15)21-22(25-14-26-23(21)30-19)29-18-7-5-16(6-8-18)27-10-2-1-3-11-27/h14-18,28H,1-12H2/t15-,16?,17?,18?/m1/s1. The van der Waals surface area contributed by atoms with E-state index in [0.717, 1.165) is 41.9 Å². The summed E-state index contributed by atoms with van der Waals surface area (Å²) in [6.07, 6.45) is 12.0. The summed E-state index contributed by atoms with van der Waals surface area (Å²) >= 11 is 1.72. The lowest BCUT2D eigenvalue weighted by molar-refractivity contribution is 0.0756. The number of piperidine rings is 1. The minimum Gasteiger partial charge on any atom is -0.474 e. The quantitative estimate of drug-likeness (QED) is 0.723. The number of nitriles is 1. The number of aliphatic hydroxyl groups is 1. The number of aliphatic hydroxyl groups excluding tert-OH is 1. The average Bonchev–Trinajstić information content (AvgIpc) is 3.35. The molecule has 1 N–H and O–H groups in total. The van der Waals surface area contributed by atoms with E-state index in [-0.39, 0.29) is 12.0 Å². The first-order chi connectivity index (χ1) is 14.7. The Morgan fingerprint density at radius 2 is 1.97 bits per heavy atom. The number of hydrogen-bond donors (Lipinski definition) is 1. The van der Waals surface area contributed by atoms with Gasteiger partial charge in [-0.05, 0) is 82.4 Å². The topological polar surface area (TPSA) is 82.3 Å². The van der Waals surface area contributed by atoms with Crippen LogP contribution in [0.3, 0.4) is 0 Å². The smallest absolute Gasteiger partial charge is 0.225 e. The Bertz CT molecular complexity index is 925. The van der Waals surface area contributed by atoms with Gasteiger partial charge in [-0.15, -0.1) is 11.3 Å². The summed E-state index contributed by atoms with van der Waals surface area (Å²) < 4.78 is 6.48. The normalized spacial score (nSPS) is 28.2. The van der Waals surface area contributed by atoms with Crippen LogP contribution in [0.5, 0.6) is 5.88 Å². The number of ether oxygens (including phenoxy) is 1. The van der Waals surface area contributed by atoms with Crippen LogP contribution >= 0.6 is 11.3 Å². The van der Waals surface area contributed by atoms with E-state index in [4.69, 9.17) is 10.00 Å². The molecular weight excluding hydrogens is 396 g/mol. The summed E-state index contributed by atoms with van der Waals surface area (Å²) in [4.78, 5) is 14.0. The monoisotopic (exact) mass is 426 g/mol. The van der Waals surface area contributed by atoms with E-state index in [0.29, 0.717) is 12.3 Å². The third kappa shape index (κ3) is 3.93. The Morgan fingerprint density at radius 3 is 2.73 bits per heavy atom. The molecule has 1 aliphatic heterocycles. The molecule has 0 bridgehead atoms. The molecule has 7 heteroatoms. The molecule has 1 saturated heterocycles. The maximum absolute atomic E-state index is 9.89. The molecule has 1 unspecified atom stereocenters. The number of aromatic nitrogens is 2. The Morgan fingerprint density at radius 1 is 1.17 bits per heavy atom. The molecule has 2 aromatic rings. The van der Waals surface area contributed by atoms with Crippen LogP contribution in [0.15, 0.2) is 6.33 Å². The first kappa shape index (κ1) is 20.2. The van der Waals surface area contributed by atoms with Crippen LogP contribution in [0.4, 0.5) is 0 Å².